The summed E-state index contributed by atoms with van der Waals surface area (Å²) in [5, 5.41) is 17.2. The van der Waals surface area contributed by atoms with Crippen LogP contribution < -0.4 is 0 Å². The van der Waals surface area contributed by atoms with Crippen molar-refractivity contribution in [1.29, 1.82) is 0 Å². The highest BCUT2D eigenvalue weighted by Crippen LogP contribution is 2.16. The Labute approximate surface area is 131 Å². The maximum atomic E-state index is 12.2. The summed E-state index contributed by atoms with van der Waals surface area (Å²) in [7, 11) is 1.65. The van der Waals surface area contributed by atoms with Crippen LogP contribution in [0.3, 0.4) is 0 Å². The molecule has 0 aromatic carbocycles. The maximum Gasteiger partial charge on any atom is 0.356 e. The Morgan fingerprint density at radius 3 is 2.77 bits per heavy atom. The number of aryl methyl sites for hydroxylation is 1. The Kier molecular flexibility index (Phi) is 4.81. The normalized spacial score (nSPS) is 10.7. The van der Waals surface area contributed by atoms with Gasteiger partial charge in [-0.25, -0.2) is 4.79 Å². The van der Waals surface area contributed by atoms with Crippen LogP contribution in [-0.4, -0.2) is 48.5 Å². The minimum absolute atomic E-state index is 0.0400. The topological polar surface area (TPSA) is 93.2 Å². The summed E-state index contributed by atoms with van der Waals surface area (Å²) in [5.41, 5.74) is 0.661. The van der Waals surface area contributed by atoms with Crippen LogP contribution in [-0.2, 0) is 24.4 Å². The molecule has 0 spiro atoms. The third-order valence-electron chi connectivity index (χ3n) is 3.17. The number of carboxylic acid groups (broad SMARTS) is 1. The van der Waals surface area contributed by atoms with Gasteiger partial charge in [0, 0.05) is 19.8 Å². The van der Waals surface area contributed by atoms with Crippen molar-refractivity contribution in [3.8, 4) is 0 Å². The number of rotatable bonds is 6. The molecular formula is C13H16ClN5O3. The number of carboxylic acids is 1. The highest BCUT2D eigenvalue weighted by molar-refractivity contribution is 6.31. The van der Waals surface area contributed by atoms with Gasteiger partial charge in [0.05, 0.1) is 23.5 Å². The fourth-order valence-electron chi connectivity index (χ4n) is 1.95. The van der Waals surface area contributed by atoms with E-state index in [4.69, 9.17) is 16.7 Å². The standard InChI is InChI=1S/C13H16ClN5O3/c1-3-19-11(9(14)6-15-19)7-17(2)12(20)8-18-5-4-10(16-18)13(21)22/h4-6H,3,7-8H2,1-2H3,(H,21,22). The van der Waals surface area contributed by atoms with E-state index in [9.17, 15) is 9.59 Å². The van der Waals surface area contributed by atoms with Crippen molar-refractivity contribution >= 4 is 23.5 Å². The Balaban J connectivity index is 2.02. The Morgan fingerprint density at radius 1 is 1.45 bits per heavy atom. The molecule has 118 valence electrons. The third kappa shape index (κ3) is 3.45. The lowest BCUT2D eigenvalue weighted by Crippen LogP contribution is -2.31. The largest absolute Gasteiger partial charge is 0.476 e. The summed E-state index contributed by atoms with van der Waals surface area (Å²) in [6.45, 7) is 2.87. The number of carbonyl (C=O) groups is 2. The number of halogens is 1. The molecular weight excluding hydrogens is 310 g/mol. The van der Waals surface area contributed by atoms with Crippen molar-refractivity contribution in [1.82, 2.24) is 24.5 Å². The van der Waals surface area contributed by atoms with Gasteiger partial charge in [0.25, 0.3) is 0 Å². The molecule has 2 rings (SSSR count). The van der Waals surface area contributed by atoms with E-state index in [1.54, 1.807) is 17.9 Å². The number of hydrogen-bond acceptors (Lipinski definition) is 4. The number of hydrogen-bond donors (Lipinski definition) is 1. The van der Waals surface area contributed by atoms with Crippen molar-refractivity contribution in [2.45, 2.75) is 26.6 Å². The van der Waals surface area contributed by atoms with Gasteiger partial charge in [-0.15, -0.1) is 0 Å². The van der Waals surface area contributed by atoms with Crippen LogP contribution in [0.5, 0.6) is 0 Å². The van der Waals surface area contributed by atoms with Crippen LogP contribution >= 0.6 is 11.6 Å². The summed E-state index contributed by atoms with van der Waals surface area (Å²) < 4.78 is 3.02. The van der Waals surface area contributed by atoms with Gasteiger partial charge in [-0.1, -0.05) is 11.6 Å². The van der Waals surface area contributed by atoms with Gasteiger partial charge in [-0.05, 0) is 13.0 Å². The zero-order chi connectivity index (χ0) is 16.3. The van der Waals surface area contributed by atoms with Crippen molar-refractivity contribution in [2.24, 2.45) is 0 Å². The lowest BCUT2D eigenvalue weighted by atomic mass is 10.3. The van der Waals surface area contributed by atoms with Crippen molar-refractivity contribution < 1.29 is 14.7 Å². The van der Waals surface area contributed by atoms with Gasteiger partial charge in [0.15, 0.2) is 5.69 Å². The molecule has 9 heteroatoms. The first kappa shape index (κ1) is 16.0. The number of likely N-dealkylation sites (N-methyl/N-ethyl adjacent to an activating group) is 1. The monoisotopic (exact) mass is 325 g/mol. The summed E-state index contributed by atoms with van der Waals surface area (Å²) in [5.74, 6) is -1.34. The summed E-state index contributed by atoms with van der Waals surface area (Å²) in [4.78, 5) is 24.4. The molecule has 2 aromatic heterocycles. The van der Waals surface area contributed by atoms with E-state index >= 15 is 0 Å². The molecule has 0 aliphatic carbocycles. The molecule has 0 bridgehead atoms. The number of nitrogens with zero attached hydrogens (tertiary/aromatic N) is 5. The van der Waals surface area contributed by atoms with E-state index in [2.05, 4.69) is 10.2 Å². The number of aromatic nitrogens is 4. The Morgan fingerprint density at radius 2 is 2.18 bits per heavy atom. The molecule has 0 unspecified atom stereocenters. The van der Waals surface area contributed by atoms with Crippen molar-refractivity contribution in [2.75, 3.05) is 7.05 Å². The lowest BCUT2D eigenvalue weighted by molar-refractivity contribution is -0.131. The van der Waals surface area contributed by atoms with E-state index in [-0.39, 0.29) is 18.1 Å². The van der Waals surface area contributed by atoms with Crippen LogP contribution in [0.2, 0.25) is 5.02 Å². The molecule has 1 N–H and O–H groups in total. The van der Waals surface area contributed by atoms with Crippen molar-refractivity contribution in [3.63, 3.8) is 0 Å². The first-order valence-electron chi connectivity index (χ1n) is 6.63. The smallest absolute Gasteiger partial charge is 0.356 e. The van der Waals surface area contributed by atoms with Gasteiger partial charge in [-0.3, -0.25) is 14.2 Å². The molecule has 2 aromatic rings. The van der Waals surface area contributed by atoms with E-state index < -0.39 is 5.97 Å². The van der Waals surface area contributed by atoms with E-state index in [0.29, 0.717) is 18.1 Å². The minimum Gasteiger partial charge on any atom is -0.476 e. The second-order valence-electron chi connectivity index (χ2n) is 4.71. The highest BCUT2D eigenvalue weighted by atomic mass is 35.5. The summed E-state index contributed by atoms with van der Waals surface area (Å²) >= 11 is 6.07. The maximum absolute atomic E-state index is 12.2. The predicted molar refractivity (Wildman–Crippen MR) is 78.6 cm³/mol. The van der Waals surface area contributed by atoms with Gasteiger partial charge < -0.3 is 10.0 Å². The molecule has 0 aliphatic rings. The third-order valence-corrected chi connectivity index (χ3v) is 3.48. The SMILES string of the molecule is CCn1ncc(Cl)c1CN(C)C(=O)Cn1ccc(C(=O)O)n1. The second kappa shape index (κ2) is 6.61. The van der Waals surface area contributed by atoms with E-state index in [1.165, 1.54) is 21.8 Å². The molecule has 0 saturated carbocycles. The average Bonchev–Trinajstić information content (AvgIpc) is 3.07. The van der Waals surface area contributed by atoms with Crippen LogP contribution in [0.4, 0.5) is 0 Å². The van der Waals surface area contributed by atoms with Gasteiger partial charge in [0.1, 0.15) is 6.54 Å². The van der Waals surface area contributed by atoms with E-state index in [1.807, 2.05) is 6.92 Å². The summed E-state index contributed by atoms with van der Waals surface area (Å²) in [6.07, 6.45) is 3.00. The zero-order valence-electron chi connectivity index (χ0n) is 12.2. The Bertz CT molecular complexity index is 694. The molecule has 0 fully saturated rings. The number of amides is 1. The highest BCUT2D eigenvalue weighted by Gasteiger charge is 2.16. The van der Waals surface area contributed by atoms with Crippen LogP contribution in [0.25, 0.3) is 0 Å². The molecule has 0 saturated heterocycles. The molecule has 8 nitrogen and oxygen atoms in total. The van der Waals surface area contributed by atoms with Gasteiger partial charge >= 0.3 is 5.97 Å². The fraction of sp³-hybridized carbons (Fsp3) is 0.385. The molecule has 22 heavy (non-hydrogen) atoms. The van der Waals surface area contributed by atoms with Crippen molar-refractivity contribution in [3.05, 3.63) is 34.9 Å². The average molecular weight is 326 g/mol. The molecule has 0 radical (unpaired) electrons. The van der Waals surface area contributed by atoms with Crippen LogP contribution in [0.1, 0.15) is 23.1 Å². The lowest BCUT2D eigenvalue weighted by Gasteiger charge is -2.18. The predicted octanol–water partition coefficient (Wildman–Crippen LogP) is 1.11. The van der Waals surface area contributed by atoms with E-state index in [0.717, 1.165) is 5.69 Å². The molecule has 0 atom stereocenters. The minimum atomic E-state index is -1.13. The number of aromatic carboxylic acids is 1. The molecule has 1 amide bonds. The van der Waals surface area contributed by atoms with Crippen LogP contribution in [0, 0.1) is 0 Å². The Hall–Kier alpha value is -2.35. The zero-order valence-corrected chi connectivity index (χ0v) is 13.0. The first-order valence-corrected chi connectivity index (χ1v) is 7.01. The number of carbonyl (C=O) groups excluding carboxylic acids is 1. The first-order chi connectivity index (χ1) is 10.4. The van der Waals surface area contributed by atoms with Crippen LogP contribution in [0.15, 0.2) is 18.5 Å². The van der Waals surface area contributed by atoms with Gasteiger partial charge in [0.2, 0.25) is 5.91 Å². The van der Waals surface area contributed by atoms with Gasteiger partial charge in [-0.2, -0.15) is 10.2 Å². The quantitative estimate of drug-likeness (QED) is 0.858. The fourth-order valence-corrected chi connectivity index (χ4v) is 2.15. The summed E-state index contributed by atoms with van der Waals surface area (Å²) in [6, 6.07) is 1.35. The molecule has 0 aliphatic heterocycles. The molecule has 2 heterocycles. The second-order valence-corrected chi connectivity index (χ2v) is 5.12.